The average molecular weight is 94.1 g/mol. The summed E-state index contributed by atoms with van der Waals surface area (Å²) in [7, 11) is 0. The lowest BCUT2D eigenvalue weighted by Crippen LogP contribution is -2.09. The van der Waals surface area contributed by atoms with E-state index in [-0.39, 0.29) is 0 Å². The minimum atomic E-state index is 1.20. The van der Waals surface area contributed by atoms with E-state index < -0.39 is 0 Å². The van der Waals surface area contributed by atoms with E-state index >= 15 is 0 Å². The van der Waals surface area contributed by atoms with Gasteiger partial charge in [0.2, 0.25) is 0 Å². The summed E-state index contributed by atoms with van der Waals surface area (Å²) >= 11 is 0. The summed E-state index contributed by atoms with van der Waals surface area (Å²) in [6.07, 6.45) is 7.91. The van der Waals surface area contributed by atoms with Crippen LogP contribution < -0.4 is 5.32 Å². The van der Waals surface area contributed by atoms with Crippen LogP contribution in [-0.4, -0.2) is 0 Å². The van der Waals surface area contributed by atoms with Crippen LogP contribution in [0.15, 0.2) is 24.4 Å². The van der Waals surface area contributed by atoms with Crippen molar-refractivity contribution in [1.82, 2.24) is 5.32 Å². The molecule has 1 rings (SSSR count). The van der Waals surface area contributed by atoms with Crippen molar-refractivity contribution < 1.29 is 0 Å². The number of hydrogen-bond donors (Lipinski definition) is 1. The molecule has 1 radical (unpaired) electrons. The van der Waals surface area contributed by atoms with E-state index in [9.17, 15) is 0 Å². The van der Waals surface area contributed by atoms with E-state index in [1.54, 1.807) is 0 Å². The van der Waals surface area contributed by atoms with Crippen LogP contribution in [0.5, 0.6) is 0 Å². The van der Waals surface area contributed by atoms with Gasteiger partial charge in [-0.3, -0.25) is 0 Å². The third-order valence-corrected chi connectivity index (χ3v) is 0.865. The Bertz CT molecular complexity index is 103. The van der Waals surface area contributed by atoms with Crippen molar-refractivity contribution in [2.75, 3.05) is 0 Å². The highest BCUT2D eigenvalue weighted by atomic mass is 14.9. The van der Waals surface area contributed by atoms with Gasteiger partial charge in [-0.25, -0.2) is 0 Å². The molecule has 7 heavy (non-hydrogen) atoms. The zero-order valence-electron chi connectivity index (χ0n) is 4.31. The average Bonchev–Trinajstić information content (AvgIpc) is 1.69. The van der Waals surface area contributed by atoms with Gasteiger partial charge in [0.25, 0.3) is 0 Å². The molecule has 37 valence electrons. The molecule has 0 aromatic carbocycles. The van der Waals surface area contributed by atoms with Gasteiger partial charge in [0, 0.05) is 0 Å². The van der Waals surface area contributed by atoms with Crippen molar-refractivity contribution in [3.8, 4) is 0 Å². The number of hydrogen-bond acceptors (Lipinski definition) is 1. The first kappa shape index (κ1) is 4.44. The Morgan fingerprint density at radius 2 is 2.29 bits per heavy atom. The molecule has 0 amide bonds. The van der Waals surface area contributed by atoms with Crippen LogP contribution in [0.25, 0.3) is 0 Å². The Hall–Kier alpha value is -0.720. The molecule has 0 fully saturated rings. The maximum Gasteiger partial charge on any atom is 0.0789 e. The highest BCUT2D eigenvalue weighted by Gasteiger charge is 1.91. The first-order valence-corrected chi connectivity index (χ1v) is 2.33. The summed E-state index contributed by atoms with van der Waals surface area (Å²) in [5.41, 5.74) is 0. The van der Waals surface area contributed by atoms with Crippen molar-refractivity contribution in [2.45, 2.75) is 6.92 Å². The quantitative estimate of drug-likeness (QED) is 0.475. The van der Waals surface area contributed by atoms with E-state index in [4.69, 9.17) is 0 Å². The Morgan fingerprint density at radius 1 is 1.43 bits per heavy atom. The molecule has 1 N–H and O–H groups in total. The smallest absolute Gasteiger partial charge is 0.0789 e. The first-order chi connectivity index (χ1) is 3.39. The molecule has 1 heterocycles. The van der Waals surface area contributed by atoms with Crippen molar-refractivity contribution in [2.24, 2.45) is 0 Å². The summed E-state index contributed by atoms with van der Waals surface area (Å²) < 4.78 is 0. The minimum absolute atomic E-state index is 1.20. The molecule has 1 aliphatic heterocycles. The van der Waals surface area contributed by atoms with E-state index in [2.05, 4.69) is 5.32 Å². The van der Waals surface area contributed by atoms with Gasteiger partial charge in [-0.2, -0.15) is 0 Å². The number of dihydropyridines is 1. The van der Waals surface area contributed by atoms with E-state index in [0.29, 0.717) is 0 Å². The zero-order chi connectivity index (χ0) is 5.11. The Morgan fingerprint density at radius 3 is 2.57 bits per heavy atom. The van der Waals surface area contributed by atoms with Crippen LogP contribution in [0.1, 0.15) is 6.92 Å². The molecular formula is C6H8N. The van der Waals surface area contributed by atoms with Crippen molar-refractivity contribution >= 4 is 0 Å². The van der Waals surface area contributed by atoms with Gasteiger partial charge in [-0.15, -0.1) is 0 Å². The van der Waals surface area contributed by atoms with E-state index in [0.717, 1.165) is 0 Å². The lowest BCUT2D eigenvalue weighted by molar-refractivity contribution is 0.928. The predicted octanol–water partition coefficient (Wildman–Crippen LogP) is 1.21. The largest absolute Gasteiger partial charge is 0.380 e. The number of nitrogens with one attached hydrogen (secondary N) is 1. The SMILES string of the molecule is C[C]1C=CC=CN1. The number of allylic oxidation sites excluding steroid dienone is 2. The molecule has 1 heteroatoms. The van der Waals surface area contributed by atoms with Crippen LogP contribution in [0.2, 0.25) is 0 Å². The van der Waals surface area contributed by atoms with Crippen LogP contribution >= 0.6 is 0 Å². The van der Waals surface area contributed by atoms with Crippen LogP contribution in [-0.2, 0) is 0 Å². The highest BCUT2D eigenvalue weighted by molar-refractivity contribution is 5.18. The summed E-state index contributed by atoms with van der Waals surface area (Å²) in [6.45, 7) is 2.03. The lowest BCUT2D eigenvalue weighted by Gasteiger charge is -2.05. The molecule has 0 spiro atoms. The Labute approximate surface area is 43.7 Å². The normalized spacial score (nSPS) is 19.6. The van der Waals surface area contributed by atoms with Gasteiger partial charge in [-0.1, -0.05) is 12.2 Å². The van der Waals surface area contributed by atoms with Crippen LogP contribution in [0.4, 0.5) is 0 Å². The molecule has 0 aromatic rings. The maximum atomic E-state index is 3.03. The highest BCUT2D eigenvalue weighted by Crippen LogP contribution is 1.98. The Kier molecular flexibility index (Phi) is 1.16. The summed E-state index contributed by atoms with van der Waals surface area (Å²) in [6, 6.07) is 1.20. The predicted molar refractivity (Wildman–Crippen MR) is 30.3 cm³/mol. The van der Waals surface area contributed by atoms with Crippen molar-refractivity contribution in [3.05, 3.63) is 30.5 Å². The standard InChI is InChI=1S/C6H8N/c1-6-4-2-3-5-7-6/h2-5,7H,1H3. The third-order valence-electron chi connectivity index (χ3n) is 0.865. The molecule has 0 unspecified atom stereocenters. The molecule has 0 atom stereocenters. The molecule has 1 aliphatic rings. The molecule has 0 aliphatic carbocycles. The fourth-order valence-corrected chi connectivity index (χ4v) is 0.483. The molecule has 0 saturated heterocycles. The second-order valence-corrected chi connectivity index (χ2v) is 1.55. The van der Waals surface area contributed by atoms with Crippen molar-refractivity contribution in [1.29, 1.82) is 0 Å². The Balaban J connectivity index is 2.49. The van der Waals surface area contributed by atoms with Gasteiger partial charge in [0.1, 0.15) is 0 Å². The van der Waals surface area contributed by atoms with Gasteiger partial charge < -0.3 is 5.32 Å². The van der Waals surface area contributed by atoms with Gasteiger partial charge >= 0.3 is 0 Å². The molecule has 0 bridgehead atoms. The summed E-state index contributed by atoms with van der Waals surface area (Å²) in [5, 5.41) is 3.03. The molecule has 1 nitrogen and oxygen atoms in total. The minimum Gasteiger partial charge on any atom is -0.380 e. The molecular weight excluding hydrogens is 86.1 g/mol. The number of rotatable bonds is 0. The van der Waals surface area contributed by atoms with Gasteiger partial charge in [-0.05, 0) is 19.2 Å². The summed E-state index contributed by atoms with van der Waals surface area (Å²) in [5.74, 6) is 0. The van der Waals surface area contributed by atoms with Gasteiger partial charge in [0.05, 0.1) is 6.04 Å². The van der Waals surface area contributed by atoms with E-state index in [1.807, 2.05) is 31.4 Å². The topological polar surface area (TPSA) is 12.0 Å². The monoisotopic (exact) mass is 94.1 g/mol. The molecule has 0 aromatic heterocycles. The van der Waals surface area contributed by atoms with Gasteiger partial charge in [0.15, 0.2) is 0 Å². The second-order valence-electron chi connectivity index (χ2n) is 1.55. The van der Waals surface area contributed by atoms with Crippen molar-refractivity contribution in [3.63, 3.8) is 0 Å². The zero-order valence-corrected chi connectivity index (χ0v) is 4.31. The van der Waals surface area contributed by atoms with Crippen LogP contribution in [0, 0.1) is 6.04 Å². The fraction of sp³-hybridized carbons (Fsp3) is 0.167. The lowest BCUT2D eigenvalue weighted by atomic mass is 10.2. The fourth-order valence-electron chi connectivity index (χ4n) is 0.483. The molecule has 0 saturated carbocycles. The van der Waals surface area contributed by atoms with Crippen LogP contribution in [0.3, 0.4) is 0 Å². The van der Waals surface area contributed by atoms with E-state index in [1.165, 1.54) is 6.04 Å². The maximum absolute atomic E-state index is 3.03. The third kappa shape index (κ3) is 1.07. The first-order valence-electron chi connectivity index (χ1n) is 2.33. The summed E-state index contributed by atoms with van der Waals surface area (Å²) in [4.78, 5) is 0. The second kappa shape index (κ2) is 1.82.